The number of carbonyl (C=O) groups is 1. The van der Waals surface area contributed by atoms with Crippen LogP contribution in [0.15, 0.2) is 28.3 Å². The zero-order valence-corrected chi connectivity index (χ0v) is 20.3. The number of aromatic nitrogens is 3. The quantitative estimate of drug-likeness (QED) is 0.557. The fraction of sp³-hybridized carbons (Fsp3) is 0.609. The van der Waals surface area contributed by atoms with E-state index in [0.29, 0.717) is 48.7 Å². The molecule has 2 aliphatic carbocycles. The number of hydrogen-bond acceptors (Lipinski definition) is 6. The van der Waals surface area contributed by atoms with Crippen LogP contribution in [0.1, 0.15) is 68.3 Å². The SMILES string of the molecule is O=C(CSc1nnc(C2CC2)n1C1CC1)N1CCc2cc(S(=O)(=O)N3CCCCC3)ccc21. The van der Waals surface area contributed by atoms with E-state index in [4.69, 9.17) is 0 Å². The van der Waals surface area contributed by atoms with Crippen molar-refractivity contribution >= 4 is 33.4 Å². The van der Waals surface area contributed by atoms with Gasteiger partial charge in [0.1, 0.15) is 5.82 Å². The fourth-order valence-electron chi connectivity index (χ4n) is 4.94. The largest absolute Gasteiger partial charge is 0.311 e. The maximum absolute atomic E-state index is 13.1. The number of amides is 1. The Kier molecular flexibility index (Phi) is 5.49. The summed E-state index contributed by atoms with van der Waals surface area (Å²) in [6.07, 6.45) is 8.32. The Bertz CT molecular complexity index is 1180. The van der Waals surface area contributed by atoms with Crippen LogP contribution in [0.4, 0.5) is 5.69 Å². The molecule has 176 valence electrons. The molecule has 0 bridgehead atoms. The Balaban J connectivity index is 1.15. The molecule has 0 atom stereocenters. The van der Waals surface area contributed by atoms with Gasteiger partial charge in [0.15, 0.2) is 5.16 Å². The van der Waals surface area contributed by atoms with E-state index >= 15 is 0 Å². The van der Waals surface area contributed by atoms with Gasteiger partial charge in [-0.1, -0.05) is 18.2 Å². The molecule has 2 saturated carbocycles. The molecule has 1 saturated heterocycles. The zero-order chi connectivity index (χ0) is 22.6. The number of benzene rings is 1. The van der Waals surface area contributed by atoms with Gasteiger partial charge >= 0.3 is 0 Å². The van der Waals surface area contributed by atoms with Crippen LogP contribution in [-0.2, 0) is 21.2 Å². The minimum absolute atomic E-state index is 0.0312. The van der Waals surface area contributed by atoms with Crippen LogP contribution in [-0.4, -0.2) is 58.8 Å². The smallest absolute Gasteiger partial charge is 0.243 e. The summed E-state index contributed by atoms with van der Waals surface area (Å²) in [6, 6.07) is 5.74. The molecule has 1 amide bonds. The highest BCUT2D eigenvalue weighted by Gasteiger charge is 2.37. The Hall–Kier alpha value is -1.91. The van der Waals surface area contributed by atoms with Gasteiger partial charge in [0.25, 0.3) is 0 Å². The molecule has 0 N–H and O–H groups in total. The molecule has 6 rings (SSSR count). The first-order valence-electron chi connectivity index (χ1n) is 12.0. The van der Waals surface area contributed by atoms with Crippen molar-refractivity contribution in [2.75, 3.05) is 30.3 Å². The molecule has 0 radical (unpaired) electrons. The molecule has 4 aliphatic rings. The van der Waals surface area contributed by atoms with Crippen molar-refractivity contribution < 1.29 is 13.2 Å². The Morgan fingerprint density at radius 1 is 1.03 bits per heavy atom. The molecule has 10 heteroatoms. The van der Waals surface area contributed by atoms with E-state index in [9.17, 15) is 13.2 Å². The number of sulfonamides is 1. The summed E-state index contributed by atoms with van der Waals surface area (Å²) in [7, 11) is -3.47. The number of piperidine rings is 1. The Morgan fingerprint density at radius 3 is 2.55 bits per heavy atom. The van der Waals surface area contributed by atoms with Gasteiger partial charge in [-0.25, -0.2) is 8.42 Å². The lowest BCUT2D eigenvalue weighted by molar-refractivity contribution is -0.116. The van der Waals surface area contributed by atoms with Crippen molar-refractivity contribution in [3.8, 4) is 0 Å². The number of nitrogens with zero attached hydrogens (tertiary/aromatic N) is 5. The lowest BCUT2D eigenvalue weighted by atomic mass is 10.2. The second-order valence-corrected chi connectivity index (χ2v) is 12.4. The molecule has 0 spiro atoms. The van der Waals surface area contributed by atoms with E-state index in [2.05, 4.69) is 14.8 Å². The molecule has 1 aromatic carbocycles. The predicted octanol–water partition coefficient (Wildman–Crippen LogP) is 3.35. The highest BCUT2D eigenvalue weighted by atomic mass is 32.2. The van der Waals surface area contributed by atoms with Gasteiger partial charge < -0.3 is 9.47 Å². The lowest BCUT2D eigenvalue weighted by Gasteiger charge is -2.26. The van der Waals surface area contributed by atoms with Crippen LogP contribution < -0.4 is 4.90 Å². The third-order valence-corrected chi connectivity index (χ3v) is 9.89. The molecule has 3 fully saturated rings. The van der Waals surface area contributed by atoms with Gasteiger partial charge in [0.2, 0.25) is 15.9 Å². The molecule has 2 aromatic rings. The standard InChI is InChI=1S/C23H29N5O3S2/c29-21(15-32-23-25-24-22(16-4-5-16)28(23)18-6-7-18)27-13-10-17-14-19(8-9-20(17)27)33(30,31)26-11-2-1-3-12-26/h8-9,14,16,18H,1-7,10-13,15H2. The summed E-state index contributed by atoms with van der Waals surface area (Å²) < 4.78 is 29.9. The van der Waals surface area contributed by atoms with Crippen LogP contribution in [0, 0.1) is 0 Å². The first kappa shape index (κ1) is 21.6. The van der Waals surface area contributed by atoms with Crippen LogP contribution in [0.25, 0.3) is 0 Å². The van der Waals surface area contributed by atoms with Crippen LogP contribution in [0.3, 0.4) is 0 Å². The third kappa shape index (κ3) is 4.10. The summed E-state index contributed by atoms with van der Waals surface area (Å²) in [5.74, 6) is 1.98. The summed E-state index contributed by atoms with van der Waals surface area (Å²) in [4.78, 5) is 15.2. The minimum atomic E-state index is -3.47. The van der Waals surface area contributed by atoms with Gasteiger partial charge in [0.05, 0.1) is 10.6 Å². The van der Waals surface area contributed by atoms with Crippen molar-refractivity contribution in [3.05, 3.63) is 29.6 Å². The highest BCUT2D eigenvalue weighted by molar-refractivity contribution is 7.99. The third-order valence-electron chi connectivity index (χ3n) is 7.07. The molecular formula is C23H29N5O3S2. The van der Waals surface area contributed by atoms with Gasteiger partial charge in [-0.2, -0.15) is 4.31 Å². The highest BCUT2D eigenvalue weighted by Crippen LogP contribution is 2.46. The molecule has 33 heavy (non-hydrogen) atoms. The maximum Gasteiger partial charge on any atom is 0.243 e. The number of hydrogen-bond donors (Lipinski definition) is 0. The molecule has 2 aliphatic heterocycles. The summed E-state index contributed by atoms with van der Waals surface area (Å²) in [6.45, 7) is 1.77. The van der Waals surface area contributed by atoms with Crippen LogP contribution >= 0.6 is 11.8 Å². The van der Waals surface area contributed by atoms with E-state index in [-0.39, 0.29) is 5.91 Å². The maximum atomic E-state index is 13.1. The summed E-state index contributed by atoms with van der Waals surface area (Å²) in [5, 5.41) is 9.68. The number of thioether (sulfide) groups is 1. The zero-order valence-electron chi connectivity index (χ0n) is 18.6. The van der Waals surface area contributed by atoms with Gasteiger partial charge in [0, 0.05) is 37.3 Å². The topological polar surface area (TPSA) is 88.4 Å². The molecule has 1 aromatic heterocycles. The Labute approximate surface area is 198 Å². The van der Waals surface area contributed by atoms with Crippen molar-refractivity contribution in [1.82, 2.24) is 19.1 Å². The summed E-state index contributed by atoms with van der Waals surface area (Å²) >= 11 is 1.47. The van der Waals surface area contributed by atoms with Crippen molar-refractivity contribution in [2.24, 2.45) is 0 Å². The van der Waals surface area contributed by atoms with E-state index in [1.54, 1.807) is 27.4 Å². The second kappa shape index (κ2) is 8.39. The lowest BCUT2D eigenvalue weighted by Crippen LogP contribution is -2.35. The number of carbonyl (C=O) groups excluding carboxylic acids is 1. The monoisotopic (exact) mass is 487 g/mol. The first-order chi connectivity index (χ1) is 16.0. The predicted molar refractivity (Wildman–Crippen MR) is 126 cm³/mol. The van der Waals surface area contributed by atoms with Gasteiger partial charge in [-0.05, 0) is 68.7 Å². The van der Waals surface area contributed by atoms with Crippen LogP contribution in [0.5, 0.6) is 0 Å². The van der Waals surface area contributed by atoms with Crippen LogP contribution in [0.2, 0.25) is 0 Å². The normalized spacial score (nSPS) is 21.4. The average molecular weight is 488 g/mol. The first-order valence-corrected chi connectivity index (χ1v) is 14.5. The fourth-order valence-corrected chi connectivity index (χ4v) is 7.40. The molecule has 8 nitrogen and oxygen atoms in total. The van der Waals surface area contributed by atoms with E-state index < -0.39 is 10.0 Å². The van der Waals surface area contributed by atoms with E-state index in [0.717, 1.165) is 41.5 Å². The molecular weight excluding hydrogens is 458 g/mol. The van der Waals surface area contributed by atoms with Gasteiger partial charge in [-0.15, -0.1) is 10.2 Å². The summed E-state index contributed by atoms with van der Waals surface area (Å²) in [5.41, 5.74) is 1.77. The number of fused-ring (bicyclic) bond motifs is 1. The number of rotatable bonds is 7. The minimum Gasteiger partial charge on any atom is -0.311 e. The van der Waals surface area contributed by atoms with Gasteiger partial charge in [-0.3, -0.25) is 4.79 Å². The van der Waals surface area contributed by atoms with Crippen molar-refractivity contribution in [1.29, 1.82) is 0 Å². The molecule has 0 unspecified atom stereocenters. The van der Waals surface area contributed by atoms with E-state index in [1.807, 2.05) is 0 Å². The number of anilines is 1. The average Bonchev–Trinajstić information content (AvgIpc) is 3.77. The van der Waals surface area contributed by atoms with E-state index in [1.165, 1.54) is 37.4 Å². The molecule has 3 heterocycles. The second-order valence-electron chi connectivity index (χ2n) is 9.56. The Morgan fingerprint density at radius 2 is 1.82 bits per heavy atom. The van der Waals surface area contributed by atoms with Crippen molar-refractivity contribution in [3.63, 3.8) is 0 Å². The van der Waals surface area contributed by atoms with Crippen molar-refractivity contribution in [2.45, 2.75) is 73.4 Å².